The van der Waals surface area contributed by atoms with Crippen molar-refractivity contribution in [1.82, 2.24) is 0 Å². The van der Waals surface area contributed by atoms with E-state index in [9.17, 15) is 13.2 Å². The third kappa shape index (κ3) is 2.87. The Morgan fingerprint density at radius 2 is 1.59 bits per heavy atom. The van der Waals surface area contributed by atoms with Crippen LogP contribution >= 0.6 is 0 Å². The number of alkyl halides is 3. The lowest BCUT2D eigenvalue weighted by molar-refractivity contribution is -0.137. The van der Waals surface area contributed by atoms with Crippen LogP contribution in [0.2, 0.25) is 0 Å². The van der Waals surface area contributed by atoms with Crippen molar-refractivity contribution in [2.24, 2.45) is 0 Å². The fraction of sp³-hybridized carbons (Fsp3) is 0.143. The minimum atomic E-state index is -4.27. The Labute approximate surface area is 97.8 Å². The van der Waals surface area contributed by atoms with Crippen molar-refractivity contribution in [3.63, 3.8) is 0 Å². The maximum Gasteiger partial charge on any atom is 0.416 e. The zero-order chi connectivity index (χ0) is 12.3. The van der Waals surface area contributed by atoms with Crippen LogP contribution in [0.15, 0.2) is 54.6 Å². The first kappa shape index (κ1) is 11.7. The Bertz CT molecular complexity index is 473. The highest BCUT2D eigenvalue weighted by Gasteiger charge is 2.29. The Hall–Kier alpha value is -1.77. The Balaban J connectivity index is 2.27. The van der Waals surface area contributed by atoms with Gasteiger partial charge in [-0.2, -0.15) is 13.2 Å². The molecule has 88 valence electrons. The third-order valence-electron chi connectivity index (χ3n) is 2.58. The number of hydrogen-bond acceptors (Lipinski definition) is 0. The van der Waals surface area contributed by atoms with E-state index >= 15 is 0 Å². The topological polar surface area (TPSA) is 0 Å². The minimum Gasteiger partial charge on any atom is -0.166 e. The summed E-state index contributed by atoms with van der Waals surface area (Å²) in [4.78, 5) is 0. The molecule has 0 saturated heterocycles. The normalized spacial score (nSPS) is 15.6. The van der Waals surface area contributed by atoms with Crippen molar-refractivity contribution < 1.29 is 13.2 Å². The third-order valence-corrected chi connectivity index (χ3v) is 2.58. The van der Waals surface area contributed by atoms with Crippen molar-refractivity contribution >= 4 is 5.57 Å². The van der Waals surface area contributed by atoms with E-state index in [0.29, 0.717) is 0 Å². The molecule has 0 amide bonds. The van der Waals surface area contributed by atoms with Gasteiger partial charge in [-0.3, -0.25) is 0 Å². The predicted octanol–water partition coefficient (Wildman–Crippen LogP) is 4.60. The van der Waals surface area contributed by atoms with Crippen molar-refractivity contribution in [3.8, 4) is 0 Å². The zero-order valence-electron chi connectivity index (χ0n) is 9.04. The first-order valence-corrected chi connectivity index (χ1v) is 5.27. The summed E-state index contributed by atoms with van der Waals surface area (Å²) in [5.41, 5.74) is 1.24. The Morgan fingerprint density at radius 1 is 0.882 bits per heavy atom. The summed E-state index contributed by atoms with van der Waals surface area (Å²) in [6, 6.07) is 5.27. The largest absolute Gasteiger partial charge is 0.416 e. The van der Waals surface area contributed by atoms with Crippen molar-refractivity contribution in [2.45, 2.75) is 12.6 Å². The molecule has 1 aromatic carbocycles. The highest BCUT2D eigenvalue weighted by Crippen LogP contribution is 2.30. The number of hydrogen-bond donors (Lipinski definition) is 0. The molecular weight excluding hydrogens is 225 g/mol. The average Bonchev–Trinajstić information content (AvgIpc) is 2.56. The molecule has 0 saturated carbocycles. The minimum absolute atomic E-state index is 0.610. The second-order valence-corrected chi connectivity index (χ2v) is 3.78. The van der Waals surface area contributed by atoms with E-state index in [4.69, 9.17) is 0 Å². The van der Waals surface area contributed by atoms with Crippen LogP contribution in [0, 0.1) is 0 Å². The van der Waals surface area contributed by atoms with Gasteiger partial charge in [0.25, 0.3) is 0 Å². The quantitative estimate of drug-likeness (QED) is 0.668. The van der Waals surface area contributed by atoms with E-state index < -0.39 is 11.7 Å². The molecule has 0 atom stereocenters. The second kappa shape index (κ2) is 4.62. The Morgan fingerprint density at radius 3 is 2.24 bits per heavy atom. The van der Waals surface area contributed by atoms with Crippen LogP contribution in [-0.2, 0) is 6.18 Å². The molecule has 0 aromatic heterocycles. The van der Waals surface area contributed by atoms with Gasteiger partial charge in [-0.15, -0.1) is 0 Å². The van der Waals surface area contributed by atoms with Crippen molar-refractivity contribution in [2.75, 3.05) is 0 Å². The number of benzene rings is 1. The SMILES string of the molecule is FC(F)(F)c1ccc(C2=CC=CC=CC2)cc1. The molecule has 0 aliphatic heterocycles. The summed E-state index contributed by atoms with van der Waals surface area (Å²) in [6.45, 7) is 0. The van der Waals surface area contributed by atoms with Gasteiger partial charge >= 0.3 is 6.18 Å². The fourth-order valence-corrected chi connectivity index (χ4v) is 1.66. The molecule has 0 spiro atoms. The van der Waals surface area contributed by atoms with E-state index in [-0.39, 0.29) is 0 Å². The van der Waals surface area contributed by atoms with E-state index in [1.165, 1.54) is 12.1 Å². The van der Waals surface area contributed by atoms with Crippen molar-refractivity contribution in [3.05, 3.63) is 65.8 Å². The van der Waals surface area contributed by atoms with E-state index in [2.05, 4.69) is 0 Å². The van der Waals surface area contributed by atoms with Crippen molar-refractivity contribution in [1.29, 1.82) is 0 Å². The van der Waals surface area contributed by atoms with Crippen LogP contribution in [-0.4, -0.2) is 0 Å². The van der Waals surface area contributed by atoms with E-state index in [1.54, 1.807) is 0 Å². The van der Waals surface area contributed by atoms with Crippen LogP contribution in [0.1, 0.15) is 17.5 Å². The van der Waals surface area contributed by atoms with Gasteiger partial charge in [0, 0.05) is 0 Å². The summed E-state index contributed by atoms with van der Waals surface area (Å²) in [7, 11) is 0. The van der Waals surface area contributed by atoms with Crippen LogP contribution in [0.4, 0.5) is 13.2 Å². The molecule has 1 aliphatic rings. The molecule has 0 fully saturated rings. The van der Waals surface area contributed by atoms with Gasteiger partial charge in [0.1, 0.15) is 0 Å². The summed E-state index contributed by atoms with van der Waals surface area (Å²) in [5.74, 6) is 0. The molecule has 1 aliphatic carbocycles. The molecule has 0 unspecified atom stereocenters. The smallest absolute Gasteiger partial charge is 0.166 e. The number of halogens is 3. The molecule has 0 nitrogen and oxygen atoms in total. The monoisotopic (exact) mass is 236 g/mol. The molecule has 0 radical (unpaired) electrons. The summed E-state index contributed by atoms with van der Waals surface area (Å²) < 4.78 is 37.2. The number of rotatable bonds is 1. The molecule has 3 heteroatoms. The summed E-state index contributed by atoms with van der Waals surface area (Å²) in [5, 5.41) is 0. The predicted molar refractivity (Wildman–Crippen MR) is 62.3 cm³/mol. The van der Waals surface area contributed by atoms with Gasteiger partial charge in [0.2, 0.25) is 0 Å². The lowest BCUT2D eigenvalue weighted by Gasteiger charge is -2.08. The lowest BCUT2D eigenvalue weighted by atomic mass is 10.0. The van der Waals surface area contributed by atoms with E-state index in [0.717, 1.165) is 29.7 Å². The average molecular weight is 236 g/mol. The van der Waals surface area contributed by atoms with Gasteiger partial charge in [-0.05, 0) is 29.7 Å². The lowest BCUT2D eigenvalue weighted by Crippen LogP contribution is -2.04. The molecule has 17 heavy (non-hydrogen) atoms. The molecule has 0 bridgehead atoms. The first-order valence-electron chi connectivity index (χ1n) is 5.27. The molecule has 0 heterocycles. The van der Waals surface area contributed by atoms with Gasteiger partial charge in [0.05, 0.1) is 5.56 Å². The Kier molecular flexibility index (Phi) is 3.18. The fourth-order valence-electron chi connectivity index (χ4n) is 1.66. The van der Waals surface area contributed by atoms with Gasteiger partial charge < -0.3 is 0 Å². The maximum absolute atomic E-state index is 12.4. The molecule has 0 N–H and O–H groups in total. The van der Waals surface area contributed by atoms with Crippen LogP contribution in [0.3, 0.4) is 0 Å². The first-order chi connectivity index (χ1) is 8.07. The standard InChI is InChI=1S/C14H11F3/c15-14(16,17)13-9-7-12(8-10-13)11-5-3-1-2-4-6-11/h1-5,7-10H,6H2. The highest BCUT2D eigenvalue weighted by molar-refractivity contribution is 5.69. The summed E-state index contributed by atoms with van der Waals surface area (Å²) in [6.07, 6.45) is 6.07. The molecule has 2 rings (SSSR count). The maximum atomic E-state index is 12.4. The summed E-state index contributed by atoms with van der Waals surface area (Å²) >= 11 is 0. The van der Waals surface area contributed by atoms with Gasteiger partial charge in [-0.1, -0.05) is 42.5 Å². The zero-order valence-corrected chi connectivity index (χ0v) is 9.04. The second-order valence-electron chi connectivity index (χ2n) is 3.78. The van der Waals surface area contributed by atoms with Gasteiger partial charge in [0.15, 0.2) is 0 Å². The number of allylic oxidation sites excluding steroid dienone is 6. The molecule has 1 aromatic rings. The highest BCUT2D eigenvalue weighted by atomic mass is 19.4. The van der Waals surface area contributed by atoms with Crippen LogP contribution in [0.25, 0.3) is 5.57 Å². The van der Waals surface area contributed by atoms with Crippen LogP contribution < -0.4 is 0 Å². The van der Waals surface area contributed by atoms with E-state index in [1.807, 2.05) is 30.4 Å². The van der Waals surface area contributed by atoms with Crippen LogP contribution in [0.5, 0.6) is 0 Å². The van der Waals surface area contributed by atoms with Gasteiger partial charge in [-0.25, -0.2) is 0 Å². The molecular formula is C14H11F3.